The fourth-order valence-electron chi connectivity index (χ4n) is 2.73. The van der Waals surface area contributed by atoms with Gasteiger partial charge in [-0.05, 0) is 32.2 Å². The van der Waals surface area contributed by atoms with Crippen molar-refractivity contribution < 1.29 is 18.0 Å². The molecule has 0 radical (unpaired) electrons. The average molecular weight is 264 g/mol. The normalized spacial score (nSPS) is 30.3. The molecule has 0 aromatic rings. The Hall–Kier alpha value is -0.780. The lowest BCUT2D eigenvalue weighted by molar-refractivity contribution is -0.188. The lowest BCUT2D eigenvalue weighted by atomic mass is 9.96. The predicted molar refractivity (Wildman–Crippen MR) is 61.0 cm³/mol. The van der Waals surface area contributed by atoms with Gasteiger partial charge in [-0.25, -0.2) is 0 Å². The minimum atomic E-state index is -4.18. The Morgan fingerprint density at radius 2 is 1.94 bits per heavy atom. The van der Waals surface area contributed by atoms with E-state index in [0.717, 1.165) is 25.8 Å². The summed E-state index contributed by atoms with van der Waals surface area (Å²) in [5.41, 5.74) is 0. The van der Waals surface area contributed by atoms with Crippen molar-refractivity contribution in [3.8, 4) is 0 Å². The van der Waals surface area contributed by atoms with Crippen molar-refractivity contribution in [2.24, 2.45) is 5.92 Å². The Bertz CT molecular complexity index is 300. The number of carbonyl (C=O) groups excluding carboxylic acids is 1. The number of likely N-dealkylation sites (tertiary alicyclic amines) is 1. The van der Waals surface area contributed by atoms with Crippen LogP contribution in [0.3, 0.4) is 0 Å². The van der Waals surface area contributed by atoms with Gasteiger partial charge in [-0.1, -0.05) is 6.42 Å². The van der Waals surface area contributed by atoms with Crippen LogP contribution in [0.1, 0.15) is 32.1 Å². The molecule has 2 atom stereocenters. The summed E-state index contributed by atoms with van der Waals surface area (Å²) in [6.07, 6.45) is -0.839. The molecule has 2 aliphatic rings. The summed E-state index contributed by atoms with van der Waals surface area (Å²) in [7, 11) is 0. The van der Waals surface area contributed by atoms with Gasteiger partial charge in [0, 0.05) is 13.1 Å². The summed E-state index contributed by atoms with van der Waals surface area (Å²) in [6.45, 7) is 1.08. The Kier molecular flexibility index (Phi) is 4.14. The van der Waals surface area contributed by atoms with Gasteiger partial charge in [0.2, 0.25) is 5.91 Å². The van der Waals surface area contributed by atoms with E-state index in [-0.39, 0.29) is 24.9 Å². The average Bonchev–Trinajstić information content (AvgIpc) is 2.38. The minimum absolute atomic E-state index is 0.144. The lowest BCUT2D eigenvalue weighted by Gasteiger charge is -2.36. The third kappa shape index (κ3) is 3.16. The zero-order valence-electron chi connectivity index (χ0n) is 10.3. The van der Waals surface area contributed by atoms with Crippen LogP contribution in [-0.4, -0.2) is 42.7 Å². The van der Waals surface area contributed by atoms with E-state index >= 15 is 0 Å². The van der Waals surface area contributed by atoms with Gasteiger partial charge in [0.15, 0.2) is 0 Å². The van der Waals surface area contributed by atoms with E-state index in [0.29, 0.717) is 13.0 Å². The van der Waals surface area contributed by atoms with Gasteiger partial charge < -0.3 is 10.2 Å². The van der Waals surface area contributed by atoms with Crippen molar-refractivity contribution in [3.63, 3.8) is 0 Å². The topological polar surface area (TPSA) is 32.3 Å². The molecule has 3 nitrogen and oxygen atoms in total. The van der Waals surface area contributed by atoms with Crippen LogP contribution in [-0.2, 0) is 4.79 Å². The monoisotopic (exact) mass is 264 g/mol. The molecule has 0 spiro atoms. The second-order valence-corrected chi connectivity index (χ2v) is 5.17. The maximum Gasteiger partial charge on any atom is 0.393 e. The van der Waals surface area contributed by atoms with Crippen molar-refractivity contribution in [1.29, 1.82) is 0 Å². The summed E-state index contributed by atoms with van der Waals surface area (Å²) >= 11 is 0. The van der Waals surface area contributed by atoms with Gasteiger partial charge in [0.05, 0.1) is 12.0 Å². The van der Waals surface area contributed by atoms with E-state index in [4.69, 9.17) is 0 Å². The molecule has 0 bridgehead atoms. The van der Waals surface area contributed by atoms with Gasteiger partial charge in [0.1, 0.15) is 0 Å². The maximum atomic E-state index is 12.7. The molecule has 0 aromatic carbocycles. The Labute approximate surface area is 105 Å². The second kappa shape index (κ2) is 5.47. The first-order valence-electron chi connectivity index (χ1n) is 6.57. The number of carbonyl (C=O) groups is 1. The largest absolute Gasteiger partial charge is 0.393 e. The molecule has 1 unspecified atom stereocenters. The fraction of sp³-hybridized carbons (Fsp3) is 0.917. The number of piperidine rings is 2. The first-order chi connectivity index (χ1) is 8.48. The highest BCUT2D eigenvalue weighted by molar-refractivity contribution is 5.82. The molecular formula is C12H19F3N2O. The summed E-state index contributed by atoms with van der Waals surface area (Å²) < 4.78 is 38.0. The molecule has 18 heavy (non-hydrogen) atoms. The number of halogens is 3. The first-order valence-corrected chi connectivity index (χ1v) is 6.57. The van der Waals surface area contributed by atoms with E-state index in [1.165, 1.54) is 4.90 Å². The number of hydrogen-bond donors (Lipinski definition) is 1. The molecule has 2 saturated heterocycles. The minimum Gasteiger partial charge on any atom is -0.341 e. The first kappa shape index (κ1) is 13.6. The summed E-state index contributed by atoms with van der Waals surface area (Å²) in [4.78, 5) is 13.5. The Morgan fingerprint density at radius 1 is 1.17 bits per heavy atom. The molecule has 0 aromatic heterocycles. The molecule has 104 valence electrons. The van der Waals surface area contributed by atoms with Gasteiger partial charge in [-0.3, -0.25) is 4.79 Å². The molecule has 2 aliphatic heterocycles. The molecule has 2 fully saturated rings. The third-order valence-corrected chi connectivity index (χ3v) is 3.80. The van der Waals surface area contributed by atoms with Crippen molar-refractivity contribution in [2.45, 2.75) is 44.3 Å². The van der Waals surface area contributed by atoms with Crippen LogP contribution in [0.25, 0.3) is 0 Å². The number of nitrogens with one attached hydrogen (secondary N) is 1. The van der Waals surface area contributed by atoms with Crippen molar-refractivity contribution >= 4 is 5.91 Å². The Morgan fingerprint density at radius 3 is 2.56 bits per heavy atom. The Balaban J connectivity index is 1.93. The van der Waals surface area contributed by atoms with Crippen LogP contribution in [0.2, 0.25) is 0 Å². The van der Waals surface area contributed by atoms with Gasteiger partial charge >= 0.3 is 6.18 Å². The second-order valence-electron chi connectivity index (χ2n) is 5.17. The number of rotatable bonds is 1. The molecule has 2 rings (SSSR count). The molecule has 1 amide bonds. The number of alkyl halides is 3. The van der Waals surface area contributed by atoms with E-state index in [2.05, 4.69) is 5.32 Å². The summed E-state index contributed by atoms with van der Waals surface area (Å²) in [6, 6.07) is -0.272. The van der Waals surface area contributed by atoms with Gasteiger partial charge in [0.25, 0.3) is 0 Å². The van der Waals surface area contributed by atoms with Crippen molar-refractivity contribution in [2.75, 3.05) is 19.6 Å². The third-order valence-electron chi connectivity index (χ3n) is 3.80. The lowest BCUT2D eigenvalue weighted by Crippen LogP contribution is -2.52. The molecule has 0 aliphatic carbocycles. The quantitative estimate of drug-likeness (QED) is 0.785. The predicted octanol–water partition coefficient (Wildman–Crippen LogP) is 1.93. The standard InChI is InChI=1S/C12H19F3N2O/c13-12(14,15)9-4-3-7-17(8-9)11(18)10-5-1-2-6-16-10/h9-10,16H,1-8H2/t9?,10-/m0/s1. The van der Waals surface area contributed by atoms with E-state index < -0.39 is 12.1 Å². The van der Waals surface area contributed by atoms with Gasteiger partial charge in [-0.15, -0.1) is 0 Å². The van der Waals surface area contributed by atoms with E-state index in [9.17, 15) is 18.0 Å². The van der Waals surface area contributed by atoms with Crippen LogP contribution >= 0.6 is 0 Å². The number of amides is 1. The van der Waals surface area contributed by atoms with Gasteiger partial charge in [-0.2, -0.15) is 13.2 Å². The fourth-order valence-corrected chi connectivity index (χ4v) is 2.73. The van der Waals surface area contributed by atoms with Crippen LogP contribution in [0.15, 0.2) is 0 Å². The van der Waals surface area contributed by atoms with Crippen molar-refractivity contribution in [1.82, 2.24) is 10.2 Å². The van der Waals surface area contributed by atoms with E-state index in [1.807, 2.05) is 0 Å². The SMILES string of the molecule is O=C([C@@H]1CCCCN1)N1CCCC(C(F)(F)F)C1. The van der Waals surface area contributed by atoms with Crippen LogP contribution < -0.4 is 5.32 Å². The molecular weight excluding hydrogens is 245 g/mol. The molecule has 6 heteroatoms. The molecule has 0 saturated carbocycles. The van der Waals surface area contributed by atoms with Crippen LogP contribution in [0.5, 0.6) is 0 Å². The van der Waals surface area contributed by atoms with Crippen LogP contribution in [0, 0.1) is 5.92 Å². The zero-order chi connectivity index (χ0) is 13.2. The summed E-state index contributed by atoms with van der Waals surface area (Å²) in [5.74, 6) is -1.50. The highest BCUT2D eigenvalue weighted by Gasteiger charge is 2.43. The van der Waals surface area contributed by atoms with Crippen LogP contribution in [0.4, 0.5) is 13.2 Å². The highest BCUT2D eigenvalue weighted by atomic mass is 19.4. The van der Waals surface area contributed by atoms with Crippen molar-refractivity contribution in [3.05, 3.63) is 0 Å². The molecule has 1 N–H and O–H groups in total. The summed E-state index contributed by atoms with van der Waals surface area (Å²) in [5, 5.41) is 3.10. The zero-order valence-corrected chi connectivity index (χ0v) is 10.3. The molecule has 2 heterocycles. The number of hydrogen-bond acceptors (Lipinski definition) is 2. The smallest absolute Gasteiger partial charge is 0.341 e. The maximum absolute atomic E-state index is 12.7. The highest BCUT2D eigenvalue weighted by Crippen LogP contribution is 2.33. The number of nitrogens with zero attached hydrogens (tertiary/aromatic N) is 1. The van der Waals surface area contributed by atoms with E-state index in [1.54, 1.807) is 0 Å².